The molecular weight excluding hydrogens is 194 g/mol. The van der Waals surface area contributed by atoms with Crippen molar-refractivity contribution in [2.24, 2.45) is 5.73 Å². The summed E-state index contributed by atoms with van der Waals surface area (Å²) in [6, 6.07) is 15.0. The topological polar surface area (TPSA) is 26.0 Å². The fourth-order valence-electron chi connectivity index (χ4n) is 2.93. The van der Waals surface area contributed by atoms with Gasteiger partial charge < -0.3 is 5.73 Å². The van der Waals surface area contributed by atoms with Crippen molar-refractivity contribution in [3.05, 3.63) is 48.0 Å². The lowest BCUT2D eigenvalue weighted by Crippen LogP contribution is -2.33. The highest BCUT2D eigenvalue weighted by Gasteiger charge is 2.32. The summed E-state index contributed by atoms with van der Waals surface area (Å²) < 4.78 is 0. The molecule has 0 saturated heterocycles. The second-order valence-electron chi connectivity index (χ2n) is 4.89. The van der Waals surface area contributed by atoms with Gasteiger partial charge >= 0.3 is 0 Å². The van der Waals surface area contributed by atoms with Gasteiger partial charge in [0, 0.05) is 5.54 Å². The third kappa shape index (κ3) is 1.43. The molecule has 0 bridgehead atoms. The van der Waals surface area contributed by atoms with Crippen LogP contribution in [0.1, 0.15) is 31.2 Å². The number of nitrogens with two attached hydrogens (primary N) is 1. The van der Waals surface area contributed by atoms with Crippen molar-refractivity contribution in [2.75, 3.05) is 0 Å². The maximum atomic E-state index is 6.55. The Kier molecular flexibility index (Phi) is 2.22. The number of fused-ring (bicyclic) bond motifs is 1. The standard InChI is InChI=1S/C15H17N/c16-15(10-3-4-11-15)14-9-5-7-12-6-1-2-8-13(12)14/h1-2,5-9H,3-4,10-11,16H2. The average molecular weight is 211 g/mol. The van der Waals surface area contributed by atoms with Crippen LogP contribution in [0.15, 0.2) is 42.5 Å². The molecule has 0 spiro atoms. The van der Waals surface area contributed by atoms with E-state index in [1.165, 1.54) is 29.2 Å². The zero-order valence-corrected chi connectivity index (χ0v) is 9.45. The number of hydrogen-bond donors (Lipinski definition) is 1. The zero-order valence-electron chi connectivity index (χ0n) is 9.45. The summed E-state index contributed by atoms with van der Waals surface area (Å²) in [7, 11) is 0. The summed E-state index contributed by atoms with van der Waals surface area (Å²) in [5.74, 6) is 0. The second-order valence-corrected chi connectivity index (χ2v) is 4.89. The van der Waals surface area contributed by atoms with E-state index in [9.17, 15) is 0 Å². The van der Waals surface area contributed by atoms with Gasteiger partial charge in [-0.2, -0.15) is 0 Å². The van der Waals surface area contributed by atoms with E-state index < -0.39 is 0 Å². The SMILES string of the molecule is NC1(c2cccc3ccccc23)CCCC1. The molecule has 0 unspecified atom stereocenters. The van der Waals surface area contributed by atoms with Crippen molar-refractivity contribution in [3.8, 4) is 0 Å². The van der Waals surface area contributed by atoms with Gasteiger partial charge in [0.15, 0.2) is 0 Å². The van der Waals surface area contributed by atoms with Gasteiger partial charge in [-0.1, -0.05) is 55.3 Å². The predicted molar refractivity (Wildman–Crippen MR) is 68.3 cm³/mol. The predicted octanol–water partition coefficient (Wildman–Crippen LogP) is 3.57. The Bertz CT molecular complexity index is 504. The third-order valence-corrected chi connectivity index (χ3v) is 3.82. The van der Waals surface area contributed by atoms with Crippen LogP contribution in [0.3, 0.4) is 0 Å². The van der Waals surface area contributed by atoms with Crippen LogP contribution in [-0.2, 0) is 5.54 Å². The quantitative estimate of drug-likeness (QED) is 0.766. The van der Waals surface area contributed by atoms with Gasteiger partial charge in [-0.3, -0.25) is 0 Å². The zero-order chi connectivity index (χ0) is 11.0. The van der Waals surface area contributed by atoms with E-state index in [0.29, 0.717) is 0 Å². The minimum atomic E-state index is -0.0825. The van der Waals surface area contributed by atoms with Crippen molar-refractivity contribution < 1.29 is 0 Å². The molecule has 82 valence electrons. The fourth-order valence-corrected chi connectivity index (χ4v) is 2.93. The Labute approximate surface area is 96.3 Å². The van der Waals surface area contributed by atoms with E-state index >= 15 is 0 Å². The Balaban J connectivity index is 2.23. The molecule has 3 rings (SSSR count). The molecule has 2 aromatic rings. The molecule has 0 heterocycles. The summed E-state index contributed by atoms with van der Waals surface area (Å²) in [6.07, 6.45) is 4.78. The Morgan fingerprint density at radius 2 is 1.56 bits per heavy atom. The number of benzene rings is 2. The summed E-state index contributed by atoms with van der Waals surface area (Å²) >= 11 is 0. The first kappa shape index (κ1) is 9.86. The summed E-state index contributed by atoms with van der Waals surface area (Å²) in [5, 5.41) is 2.63. The van der Waals surface area contributed by atoms with Gasteiger partial charge in [-0.05, 0) is 29.2 Å². The van der Waals surface area contributed by atoms with E-state index in [-0.39, 0.29) is 5.54 Å². The Morgan fingerprint density at radius 1 is 0.875 bits per heavy atom. The van der Waals surface area contributed by atoms with Gasteiger partial charge in [0.1, 0.15) is 0 Å². The Morgan fingerprint density at radius 3 is 2.38 bits per heavy atom. The van der Waals surface area contributed by atoms with E-state index in [1.807, 2.05) is 0 Å². The summed E-state index contributed by atoms with van der Waals surface area (Å²) in [4.78, 5) is 0. The van der Waals surface area contributed by atoms with E-state index in [0.717, 1.165) is 12.8 Å². The molecule has 0 aromatic heterocycles. The lowest BCUT2D eigenvalue weighted by molar-refractivity contribution is 0.466. The van der Waals surface area contributed by atoms with Gasteiger partial charge in [0.2, 0.25) is 0 Å². The van der Waals surface area contributed by atoms with Crippen molar-refractivity contribution >= 4 is 10.8 Å². The van der Waals surface area contributed by atoms with Crippen LogP contribution >= 0.6 is 0 Å². The van der Waals surface area contributed by atoms with Crippen molar-refractivity contribution in [1.82, 2.24) is 0 Å². The average Bonchev–Trinajstić information content (AvgIpc) is 2.77. The number of hydrogen-bond acceptors (Lipinski definition) is 1. The smallest absolute Gasteiger partial charge is 0.0415 e. The molecule has 1 aliphatic rings. The molecule has 1 saturated carbocycles. The summed E-state index contributed by atoms with van der Waals surface area (Å²) in [5.41, 5.74) is 7.80. The molecule has 16 heavy (non-hydrogen) atoms. The first-order valence-corrected chi connectivity index (χ1v) is 6.07. The van der Waals surface area contributed by atoms with Crippen LogP contribution in [0, 0.1) is 0 Å². The highest BCUT2D eigenvalue weighted by atomic mass is 14.8. The molecule has 1 fully saturated rings. The van der Waals surface area contributed by atoms with Gasteiger partial charge in [0.25, 0.3) is 0 Å². The minimum Gasteiger partial charge on any atom is -0.321 e. The number of rotatable bonds is 1. The van der Waals surface area contributed by atoms with Crippen molar-refractivity contribution in [2.45, 2.75) is 31.2 Å². The highest BCUT2D eigenvalue weighted by Crippen LogP contribution is 2.39. The van der Waals surface area contributed by atoms with Gasteiger partial charge in [0.05, 0.1) is 0 Å². The third-order valence-electron chi connectivity index (χ3n) is 3.82. The van der Waals surface area contributed by atoms with Crippen molar-refractivity contribution in [1.29, 1.82) is 0 Å². The summed E-state index contributed by atoms with van der Waals surface area (Å²) in [6.45, 7) is 0. The van der Waals surface area contributed by atoms with Crippen LogP contribution in [-0.4, -0.2) is 0 Å². The van der Waals surface area contributed by atoms with Crippen LogP contribution in [0.2, 0.25) is 0 Å². The molecular formula is C15H17N. The van der Waals surface area contributed by atoms with Crippen LogP contribution in [0.4, 0.5) is 0 Å². The first-order chi connectivity index (χ1) is 7.80. The molecule has 1 nitrogen and oxygen atoms in total. The highest BCUT2D eigenvalue weighted by molar-refractivity contribution is 5.86. The molecule has 1 aliphatic carbocycles. The molecule has 0 aliphatic heterocycles. The van der Waals surface area contributed by atoms with Crippen LogP contribution in [0.5, 0.6) is 0 Å². The fraction of sp³-hybridized carbons (Fsp3) is 0.333. The van der Waals surface area contributed by atoms with Crippen LogP contribution in [0.25, 0.3) is 10.8 Å². The first-order valence-electron chi connectivity index (χ1n) is 6.07. The molecule has 0 radical (unpaired) electrons. The lowest BCUT2D eigenvalue weighted by Gasteiger charge is -2.25. The molecule has 0 amide bonds. The van der Waals surface area contributed by atoms with E-state index in [4.69, 9.17) is 5.73 Å². The normalized spacial score (nSPS) is 19.1. The monoisotopic (exact) mass is 211 g/mol. The second kappa shape index (κ2) is 3.60. The molecule has 2 N–H and O–H groups in total. The van der Waals surface area contributed by atoms with E-state index in [2.05, 4.69) is 42.5 Å². The minimum absolute atomic E-state index is 0.0825. The lowest BCUT2D eigenvalue weighted by atomic mass is 9.86. The maximum absolute atomic E-state index is 6.55. The molecule has 0 atom stereocenters. The molecule has 2 aromatic carbocycles. The maximum Gasteiger partial charge on any atom is 0.0415 e. The van der Waals surface area contributed by atoms with Crippen LogP contribution < -0.4 is 5.73 Å². The molecule has 1 heteroatoms. The largest absolute Gasteiger partial charge is 0.321 e. The Hall–Kier alpha value is -1.34. The van der Waals surface area contributed by atoms with Gasteiger partial charge in [-0.15, -0.1) is 0 Å². The van der Waals surface area contributed by atoms with Gasteiger partial charge in [-0.25, -0.2) is 0 Å². The van der Waals surface area contributed by atoms with Crippen molar-refractivity contribution in [3.63, 3.8) is 0 Å². The van der Waals surface area contributed by atoms with E-state index in [1.54, 1.807) is 0 Å².